The molecular formula is C9H8N2O. The van der Waals surface area contributed by atoms with E-state index in [0.29, 0.717) is 12.1 Å². The molecule has 3 heteroatoms. The number of anilines is 1. The van der Waals surface area contributed by atoms with Crippen LogP contribution in [0.25, 0.3) is 0 Å². The van der Waals surface area contributed by atoms with Gasteiger partial charge in [0.2, 0.25) is 0 Å². The molecule has 0 aliphatic carbocycles. The fourth-order valence-electron chi connectivity index (χ4n) is 1.43. The monoisotopic (exact) mass is 160 g/mol. The van der Waals surface area contributed by atoms with E-state index in [1.165, 1.54) is 5.06 Å². The molecule has 0 amide bonds. The number of nitrogens with zero attached hydrogens (tertiary/aromatic N) is 2. The Kier molecular flexibility index (Phi) is 1.49. The molecule has 0 fully saturated rings. The van der Waals surface area contributed by atoms with Gasteiger partial charge in [0.25, 0.3) is 0 Å². The maximum Gasteiger partial charge on any atom is 0.0992 e. The van der Waals surface area contributed by atoms with Crippen molar-refractivity contribution in [2.24, 2.45) is 0 Å². The number of benzene rings is 1. The molecular weight excluding hydrogens is 152 g/mol. The Morgan fingerprint density at radius 3 is 3.08 bits per heavy atom. The average Bonchev–Trinajstić information content (AvgIpc) is 2.47. The summed E-state index contributed by atoms with van der Waals surface area (Å²) in [5, 5.41) is 19.1. The minimum atomic E-state index is 0.592. The van der Waals surface area contributed by atoms with Crippen LogP contribution >= 0.6 is 0 Å². The van der Waals surface area contributed by atoms with Crippen LogP contribution in [-0.4, -0.2) is 11.8 Å². The zero-order chi connectivity index (χ0) is 8.55. The van der Waals surface area contributed by atoms with Crippen molar-refractivity contribution in [3.8, 4) is 6.07 Å². The van der Waals surface area contributed by atoms with Crippen molar-refractivity contribution < 1.29 is 5.21 Å². The van der Waals surface area contributed by atoms with Crippen LogP contribution in [0.15, 0.2) is 18.2 Å². The second-order valence-electron chi connectivity index (χ2n) is 2.83. The smallest absolute Gasteiger partial charge is 0.0992 e. The van der Waals surface area contributed by atoms with E-state index >= 15 is 0 Å². The van der Waals surface area contributed by atoms with Gasteiger partial charge in [-0.15, -0.1) is 0 Å². The van der Waals surface area contributed by atoms with E-state index in [-0.39, 0.29) is 0 Å². The average molecular weight is 160 g/mol. The van der Waals surface area contributed by atoms with Crippen molar-refractivity contribution >= 4 is 5.69 Å². The molecule has 1 aromatic carbocycles. The van der Waals surface area contributed by atoms with E-state index in [1.807, 2.05) is 12.1 Å². The molecule has 0 atom stereocenters. The van der Waals surface area contributed by atoms with Crippen molar-refractivity contribution in [2.45, 2.75) is 6.42 Å². The van der Waals surface area contributed by atoms with Gasteiger partial charge in [-0.05, 0) is 24.1 Å². The van der Waals surface area contributed by atoms with Crippen molar-refractivity contribution in [3.63, 3.8) is 0 Å². The summed E-state index contributed by atoms with van der Waals surface area (Å²) in [5.41, 5.74) is 2.47. The van der Waals surface area contributed by atoms with Gasteiger partial charge in [0.15, 0.2) is 0 Å². The summed E-state index contributed by atoms with van der Waals surface area (Å²) < 4.78 is 0. The highest BCUT2D eigenvalue weighted by Crippen LogP contribution is 2.26. The molecule has 3 nitrogen and oxygen atoms in total. The van der Waals surface area contributed by atoms with Crippen molar-refractivity contribution in [2.75, 3.05) is 11.6 Å². The number of hydrogen-bond acceptors (Lipinski definition) is 3. The Labute approximate surface area is 70.4 Å². The fourth-order valence-corrected chi connectivity index (χ4v) is 1.43. The zero-order valence-corrected chi connectivity index (χ0v) is 6.49. The maximum atomic E-state index is 9.33. The number of fused-ring (bicyclic) bond motifs is 1. The first-order valence-electron chi connectivity index (χ1n) is 3.81. The highest BCUT2D eigenvalue weighted by molar-refractivity contribution is 5.59. The maximum absolute atomic E-state index is 9.33. The number of hydroxylamine groups is 1. The van der Waals surface area contributed by atoms with Gasteiger partial charge in [0, 0.05) is 6.54 Å². The minimum absolute atomic E-state index is 0.592. The van der Waals surface area contributed by atoms with Crippen LogP contribution in [-0.2, 0) is 6.42 Å². The van der Waals surface area contributed by atoms with Gasteiger partial charge in [-0.2, -0.15) is 5.26 Å². The van der Waals surface area contributed by atoms with Gasteiger partial charge in [-0.1, -0.05) is 6.07 Å². The van der Waals surface area contributed by atoms with E-state index in [2.05, 4.69) is 0 Å². The van der Waals surface area contributed by atoms with E-state index in [0.717, 1.165) is 17.7 Å². The highest BCUT2D eigenvalue weighted by Gasteiger charge is 2.16. The molecule has 2 rings (SSSR count). The van der Waals surface area contributed by atoms with Crippen molar-refractivity contribution in [1.82, 2.24) is 0 Å². The lowest BCUT2D eigenvalue weighted by Crippen LogP contribution is -2.13. The lowest BCUT2D eigenvalue weighted by Gasteiger charge is -2.08. The topological polar surface area (TPSA) is 47.3 Å². The summed E-state index contributed by atoms with van der Waals surface area (Å²) >= 11 is 0. The molecule has 12 heavy (non-hydrogen) atoms. The summed E-state index contributed by atoms with van der Waals surface area (Å²) in [4.78, 5) is 0. The molecule has 1 heterocycles. The third-order valence-corrected chi connectivity index (χ3v) is 2.09. The van der Waals surface area contributed by atoms with Crippen LogP contribution in [0.1, 0.15) is 11.1 Å². The Bertz CT molecular complexity index is 354. The number of rotatable bonds is 0. The number of nitriles is 1. The van der Waals surface area contributed by atoms with Gasteiger partial charge in [-0.3, -0.25) is 10.3 Å². The lowest BCUT2D eigenvalue weighted by atomic mass is 10.1. The molecule has 0 aromatic heterocycles. The molecule has 1 N–H and O–H groups in total. The van der Waals surface area contributed by atoms with Gasteiger partial charge < -0.3 is 0 Å². The van der Waals surface area contributed by atoms with E-state index in [9.17, 15) is 5.21 Å². The molecule has 0 saturated carbocycles. The van der Waals surface area contributed by atoms with Gasteiger partial charge in [0.1, 0.15) is 0 Å². The molecule has 0 unspecified atom stereocenters. The third kappa shape index (κ3) is 0.936. The number of hydrogen-bond donors (Lipinski definition) is 1. The first-order valence-corrected chi connectivity index (χ1v) is 3.81. The summed E-state index contributed by atoms with van der Waals surface area (Å²) in [5.74, 6) is 0. The van der Waals surface area contributed by atoms with Crippen LogP contribution in [0.3, 0.4) is 0 Å². The van der Waals surface area contributed by atoms with Crippen LogP contribution < -0.4 is 5.06 Å². The SMILES string of the molecule is N#Cc1ccc2c(c1)N(O)CC2. The van der Waals surface area contributed by atoms with Crippen molar-refractivity contribution in [1.29, 1.82) is 5.26 Å². The Morgan fingerprint density at radius 1 is 1.50 bits per heavy atom. The van der Waals surface area contributed by atoms with E-state index in [1.54, 1.807) is 12.1 Å². The second-order valence-corrected chi connectivity index (χ2v) is 2.83. The highest BCUT2D eigenvalue weighted by atomic mass is 16.5. The van der Waals surface area contributed by atoms with Crippen LogP contribution in [0.5, 0.6) is 0 Å². The standard InChI is InChI=1S/C9H8N2O/c10-6-7-1-2-8-3-4-11(12)9(8)5-7/h1-2,5,12H,3-4H2. The van der Waals surface area contributed by atoms with Gasteiger partial charge in [0.05, 0.1) is 17.3 Å². The van der Waals surface area contributed by atoms with E-state index in [4.69, 9.17) is 5.26 Å². The van der Waals surface area contributed by atoms with Gasteiger partial charge in [-0.25, -0.2) is 0 Å². The molecule has 1 aliphatic rings. The lowest BCUT2D eigenvalue weighted by molar-refractivity contribution is 0.264. The summed E-state index contributed by atoms with van der Waals surface area (Å²) in [6.07, 6.45) is 0.859. The quantitative estimate of drug-likeness (QED) is 0.622. The normalized spacial score (nSPS) is 14.2. The predicted molar refractivity (Wildman–Crippen MR) is 44.0 cm³/mol. The minimum Gasteiger partial charge on any atom is -0.288 e. The molecule has 1 aliphatic heterocycles. The summed E-state index contributed by atoms with van der Waals surface area (Å²) in [6.45, 7) is 0.629. The van der Waals surface area contributed by atoms with E-state index < -0.39 is 0 Å². The Morgan fingerprint density at radius 2 is 2.33 bits per heavy atom. The Balaban J connectivity index is 2.52. The van der Waals surface area contributed by atoms with Gasteiger partial charge >= 0.3 is 0 Å². The second kappa shape index (κ2) is 2.50. The molecule has 0 saturated heterocycles. The van der Waals surface area contributed by atoms with Crippen LogP contribution in [0.2, 0.25) is 0 Å². The Hall–Kier alpha value is -1.53. The molecule has 1 aromatic rings. The van der Waals surface area contributed by atoms with Crippen molar-refractivity contribution in [3.05, 3.63) is 29.3 Å². The summed E-state index contributed by atoms with van der Waals surface area (Å²) in [7, 11) is 0. The summed E-state index contributed by atoms with van der Waals surface area (Å²) in [6, 6.07) is 7.42. The first kappa shape index (κ1) is 7.14. The molecule has 60 valence electrons. The molecule has 0 bridgehead atoms. The zero-order valence-electron chi connectivity index (χ0n) is 6.49. The molecule has 0 spiro atoms. The third-order valence-electron chi connectivity index (χ3n) is 2.09. The molecule has 0 radical (unpaired) electrons. The first-order chi connectivity index (χ1) is 5.81. The largest absolute Gasteiger partial charge is 0.288 e. The predicted octanol–water partition coefficient (Wildman–Crippen LogP) is 1.31. The fraction of sp³-hybridized carbons (Fsp3) is 0.222. The van der Waals surface area contributed by atoms with Crippen LogP contribution in [0, 0.1) is 11.3 Å². The van der Waals surface area contributed by atoms with Crippen LogP contribution in [0.4, 0.5) is 5.69 Å².